The highest BCUT2D eigenvalue weighted by atomic mass is 16.2. The van der Waals surface area contributed by atoms with Crippen molar-refractivity contribution in [3.63, 3.8) is 0 Å². The van der Waals surface area contributed by atoms with Crippen molar-refractivity contribution in [2.75, 3.05) is 26.2 Å². The average Bonchev–Trinajstić information content (AvgIpc) is 2.88. The minimum Gasteiger partial charge on any atom is -0.340 e. The van der Waals surface area contributed by atoms with Crippen LogP contribution in [0.25, 0.3) is 0 Å². The molecule has 0 unspecified atom stereocenters. The SMILES string of the molecule is Cc1n[nH]c(C)c1CC(=O)N1CCN(Cc2ccccn2)CC1. The summed E-state index contributed by atoms with van der Waals surface area (Å²) in [6.07, 6.45) is 2.26. The summed E-state index contributed by atoms with van der Waals surface area (Å²) in [5, 5.41) is 7.11. The van der Waals surface area contributed by atoms with Gasteiger partial charge in [-0.15, -0.1) is 0 Å². The Balaban J connectivity index is 1.51. The highest BCUT2D eigenvalue weighted by Gasteiger charge is 2.22. The maximum atomic E-state index is 12.5. The summed E-state index contributed by atoms with van der Waals surface area (Å²) in [6, 6.07) is 5.99. The van der Waals surface area contributed by atoms with Crippen LogP contribution in [0.4, 0.5) is 0 Å². The number of rotatable bonds is 4. The van der Waals surface area contributed by atoms with Crippen molar-refractivity contribution in [1.82, 2.24) is 25.0 Å². The molecule has 3 rings (SSSR count). The molecular weight excluding hydrogens is 290 g/mol. The van der Waals surface area contributed by atoms with E-state index < -0.39 is 0 Å². The van der Waals surface area contributed by atoms with E-state index in [1.807, 2.05) is 43.1 Å². The van der Waals surface area contributed by atoms with Crippen molar-refractivity contribution in [3.8, 4) is 0 Å². The molecule has 6 heteroatoms. The van der Waals surface area contributed by atoms with Gasteiger partial charge in [-0.25, -0.2) is 0 Å². The van der Waals surface area contributed by atoms with E-state index in [2.05, 4.69) is 20.1 Å². The lowest BCUT2D eigenvalue weighted by molar-refractivity contribution is -0.132. The number of nitrogens with zero attached hydrogens (tertiary/aromatic N) is 4. The Morgan fingerprint density at radius 2 is 2.00 bits per heavy atom. The van der Waals surface area contributed by atoms with Crippen molar-refractivity contribution in [1.29, 1.82) is 0 Å². The van der Waals surface area contributed by atoms with E-state index in [1.54, 1.807) is 0 Å². The van der Waals surface area contributed by atoms with Crippen molar-refractivity contribution >= 4 is 5.91 Å². The van der Waals surface area contributed by atoms with Gasteiger partial charge in [0.05, 0.1) is 17.8 Å². The van der Waals surface area contributed by atoms with Crippen molar-refractivity contribution in [3.05, 3.63) is 47.0 Å². The summed E-state index contributed by atoms with van der Waals surface area (Å²) in [5.41, 5.74) is 4.03. The molecule has 1 N–H and O–H groups in total. The third-order valence-electron chi connectivity index (χ3n) is 4.45. The molecular formula is C17H23N5O. The zero-order valence-corrected chi connectivity index (χ0v) is 13.7. The van der Waals surface area contributed by atoms with E-state index in [1.165, 1.54) is 0 Å². The summed E-state index contributed by atoms with van der Waals surface area (Å²) in [6.45, 7) is 8.10. The van der Waals surface area contributed by atoms with Gasteiger partial charge in [-0.05, 0) is 26.0 Å². The van der Waals surface area contributed by atoms with Gasteiger partial charge in [0.25, 0.3) is 0 Å². The van der Waals surface area contributed by atoms with Crippen molar-refractivity contribution in [2.45, 2.75) is 26.8 Å². The minimum atomic E-state index is 0.190. The number of aromatic amines is 1. The van der Waals surface area contributed by atoms with Crippen LogP contribution in [-0.2, 0) is 17.8 Å². The molecule has 1 fully saturated rings. The topological polar surface area (TPSA) is 65.1 Å². The fourth-order valence-electron chi connectivity index (χ4n) is 2.97. The second-order valence-corrected chi connectivity index (χ2v) is 6.07. The van der Waals surface area contributed by atoms with E-state index in [-0.39, 0.29) is 5.91 Å². The predicted octanol–water partition coefficient (Wildman–Crippen LogP) is 1.31. The smallest absolute Gasteiger partial charge is 0.227 e. The van der Waals surface area contributed by atoms with Crippen molar-refractivity contribution < 1.29 is 4.79 Å². The van der Waals surface area contributed by atoms with Gasteiger partial charge in [0.15, 0.2) is 0 Å². The number of hydrogen-bond acceptors (Lipinski definition) is 4. The first-order valence-electron chi connectivity index (χ1n) is 8.04. The van der Waals surface area contributed by atoms with E-state index in [4.69, 9.17) is 0 Å². The Bertz CT molecular complexity index is 639. The maximum Gasteiger partial charge on any atom is 0.227 e. The standard InChI is InChI=1S/C17H23N5O/c1-13-16(14(2)20-19-13)11-17(23)22-9-7-21(8-10-22)12-15-5-3-4-6-18-15/h3-6H,7-12H2,1-2H3,(H,19,20). The molecule has 0 saturated carbocycles. The fourth-order valence-corrected chi connectivity index (χ4v) is 2.97. The molecule has 6 nitrogen and oxygen atoms in total. The molecule has 0 atom stereocenters. The van der Waals surface area contributed by atoms with Crippen LogP contribution in [0, 0.1) is 13.8 Å². The van der Waals surface area contributed by atoms with E-state index in [0.29, 0.717) is 6.42 Å². The largest absolute Gasteiger partial charge is 0.340 e. The first-order chi connectivity index (χ1) is 11.1. The normalized spacial score (nSPS) is 15.8. The lowest BCUT2D eigenvalue weighted by Gasteiger charge is -2.34. The van der Waals surface area contributed by atoms with Crippen LogP contribution in [0.3, 0.4) is 0 Å². The molecule has 1 aliphatic rings. The molecule has 0 radical (unpaired) electrons. The van der Waals surface area contributed by atoms with Crippen LogP contribution in [0.5, 0.6) is 0 Å². The molecule has 2 aromatic rings. The average molecular weight is 313 g/mol. The molecule has 3 heterocycles. The number of aryl methyl sites for hydroxylation is 2. The number of carbonyl (C=O) groups is 1. The Labute approximate surface area is 136 Å². The molecule has 1 aliphatic heterocycles. The zero-order chi connectivity index (χ0) is 16.2. The molecule has 0 bridgehead atoms. The van der Waals surface area contributed by atoms with Gasteiger partial charge in [-0.1, -0.05) is 6.07 Å². The van der Waals surface area contributed by atoms with E-state index in [0.717, 1.165) is 55.4 Å². The third-order valence-corrected chi connectivity index (χ3v) is 4.45. The van der Waals surface area contributed by atoms with Gasteiger partial charge in [0, 0.05) is 50.2 Å². The van der Waals surface area contributed by atoms with Crippen LogP contribution in [0.1, 0.15) is 22.6 Å². The first kappa shape index (κ1) is 15.7. The molecule has 1 saturated heterocycles. The summed E-state index contributed by atoms with van der Waals surface area (Å²) in [4.78, 5) is 21.2. The predicted molar refractivity (Wildman–Crippen MR) is 87.9 cm³/mol. The van der Waals surface area contributed by atoms with Crippen LogP contribution in [0.2, 0.25) is 0 Å². The zero-order valence-electron chi connectivity index (χ0n) is 13.7. The van der Waals surface area contributed by atoms with Gasteiger partial charge in [0.2, 0.25) is 5.91 Å². The molecule has 122 valence electrons. The van der Waals surface area contributed by atoms with Gasteiger partial charge in [0.1, 0.15) is 0 Å². The second-order valence-electron chi connectivity index (χ2n) is 6.07. The summed E-state index contributed by atoms with van der Waals surface area (Å²) >= 11 is 0. The maximum absolute atomic E-state index is 12.5. The second kappa shape index (κ2) is 6.91. The highest BCUT2D eigenvalue weighted by Crippen LogP contribution is 2.13. The van der Waals surface area contributed by atoms with E-state index >= 15 is 0 Å². The number of carbonyl (C=O) groups excluding carboxylic acids is 1. The van der Waals surface area contributed by atoms with E-state index in [9.17, 15) is 4.79 Å². The lowest BCUT2D eigenvalue weighted by atomic mass is 10.1. The Hall–Kier alpha value is -2.21. The Kier molecular flexibility index (Phi) is 4.71. The van der Waals surface area contributed by atoms with Crippen LogP contribution >= 0.6 is 0 Å². The summed E-state index contributed by atoms with van der Waals surface area (Å²) in [7, 11) is 0. The van der Waals surface area contributed by atoms with Crippen LogP contribution in [0.15, 0.2) is 24.4 Å². The quantitative estimate of drug-likeness (QED) is 0.924. The van der Waals surface area contributed by atoms with Crippen LogP contribution < -0.4 is 0 Å². The van der Waals surface area contributed by atoms with Gasteiger partial charge < -0.3 is 4.90 Å². The van der Waals surface area contributed by atoms with Gasteiger partial charge in [-0.3, -0.25) is 19.8 Å². The Morgan fingerprint density at radius 3 is 2.61 bits per heavy atom. The number of pyridine rings is 1. The molecule has 23 heavy (non-hydrogen) atoms. The molecule has 0 aromatic carbocycles. The number of amides is 1. The molecule has 0 aliphatic carbocycles. The summed E-state index contributed by atoms with van der Waals surface area (Å²) < 4.78 is 0. The van der Waals surface area contributed by atoms with Gasteiger partial charge >= 0.3 is 0 Å². The fraction of sp³-hybridized carbons (Fsp3) is 0.471. The highest BCUT2D eigenvalue weighted by molar-refractivity contribution is 5.79. The summed E-state index contributed by atoms with van der Waals surface area (Å²) in [5.74, 6) is 0.190. The number of aromatic nitrogens is 3. The molecule has 0 spiro atoms. The monoisotopic (exact) mass is 313 g/mol. The van der Waals surface area contributed by atoms with Crippen molar-refractivity contribution in [2.24, 2.45) is 0 Å². The first-order valence-corrected chi connectivity index (χ1v) is 8.04. The minimum absolute atomic E-state index is 0.190. The van der Waals surface area contributed by atoms with Crippen LogP contribution in [-0.4, -0.2) is 57.1 Å². The molecule has 1 amide bonds. The number of hydrogen-bond donors (Lipinski definition) is 1. The third kappa shape index (κ3) is 3.76. The number of nitrogens with one attached hydrogen (secondary N) is 1. The number of piperazine rings is 1. The van der Waals surface area contributed by atoms with Gasteiger partial charge in [-0.2, -0.15) is 5.10 Å². The number of H-pyrrole nitrogens is 1. The molecule has 2 aromatic heterocycles. The lowest BCUT2D eigenvalue weighted by Crippen LogP contribution is -2.48. The Morgan fingerprint density at radius 1 is 1.22 bits per heavy atom.